The molecule has 6 N–H and O–H groups in total. The van der Waals surface area contributed by atoms with Crippen LogP contribution in [0, 0.1) is 18.3 Å². The van der Waals surface area contributed by atoms with Gasteiger partial charge in [0.2, 0.25) is 11.0 Å². The molecular weight excluding hydrogens is 1430 g/mol. The number of aromatic hydroxyl groups is 1. The van der Waals surface area contributed by atoms with E-state index in [9.17, 15) is 62.8 Å². The fraction of sp³-hybridized carbons (Fsp3) is 0.255. The summed E-state index contributed by atoms with van der Waals surface area (Å²) in [5.74, 6) is -1.13. The van der Waals surface area contributed by atoms with Gasteiger partial charge >= 0.3 is 31.8 Å². The predicted octanol–water partition coefficient (Wildman–Crippen LogP) is 8.08. The number of imidazole rings is 1. The number of para-hydroxylation sites is 2. The number of fused-ring (bicyclic) bond motifs is 6. The molecule has 0 atom stereocenters. The number of thiazole rings is 1. The number of benzene rings is 5. The second-order valence-corrected chi connectivity index (χ2v) is 27.3. The molecule has 0 aliphatic heterocycles. The number of hydrogen-bond acceptors (Lipinski definition) is 32. The Morgan fingerprint density at radius 1 is 0.707 bits per heavy atom. The molecule has 3 aromatic heterocycles. The average Bonchev–Trinajstić information content (AvgIpc) is 1.53. The summed E-state index contributed by atoms with van der Waals surface area (Å²) in [6, 6.07) is 20.6. The van der Waals surface area contributed by atoms with Gasteiger partial charge in [-0.15, -0.1) is 80.3 Å². The third-order valence-corrected chi connectivity index (χ3v) is 15.8. The van der Waals surface area contributed by atoms with Crippen molar-refractivity contribution in [1.29, 1.82) is 5.26 Å². The van der Waals surface area contributed by atoms with Crippen molar-refractivity contribution in [2.45, 2.75) is 49.5 Å². The molecule has 0 fully saturated rings. The number of ether oxygens (including phenoxy) is 2. The van der Waals surface area contributed by atoms with Gasteiger partial charge in [-0.1, -0.05) is 54.1 Å². The van der Waals surface area contributed by atoms with E-state index in [1.165, 1.54) is 40.8 Å². The summed E-state index contributed by atoms with van der Waals surface area (Å²) < 4.78 is 215. The number of aliphatic hydroxyl groups excluding tert-OH is 1. The number of halogens is 1. The Hall–Kier alpha value is -8.01. The number of rotatable bonds is 21. The molecule has 0 saturated carbocycles. The quantitative estimate of drug-likeness (QED) is 0.0171. The molecule has 3 heterocycles. The smallest absolute Gasteiger partial charge is 0.425 e. The molecule has 8 aromatic rings. The highest BCUT2D eigenvalue weighted by molar-refractivity contribution is 7.99. The van der Waals surface area contributed by atoms with Crippen molar-refractivity contribution in [1.82, 2.24) is 14.4 Å². The monoisotopic (exact) mass is 1470 g/mol. The van der Waals surface area contributed by atoms with Crippen LogP contribution in [0.15, 0.2) is 113 Å². The molecule has 0 unspecified atom stereocenters. The van der Waals surface area contributed by atoms with Gasteiger partial charge in [0.25, 0.3) is 40.5 Å². The summed E-state index contributed by atoms with van der Waals surface area (Å²) in [5.41, 5.74) is 2.16. The van der Waals surface area contributed by atoms with Crippen molar-refractivity contribution in [2.75, 3.05) is 36.7 Å². The Bertz CT molecular complexity index is 5000. The van der Waals surface area contributed by atoms with Crippen LogP contribution >= 0.6 is 34.7 Å². The van der Waals surface area contributed by atoms with Gasteiger partial charge in [0.05, 0.1) is 69.7 Å². The van der Waals surface area contributed by atoms with Gasteiger partial charge < -0.3 is 19.7 Å². The van der Waals surface area contributed by atoms with Crippen LogP contribution in [0.4, 0.5) is 33.6 Å². The fourth-order valence-corrected chi connectivity index (χ4v) is 11.6. The predicted molar refractivity (Wildman–Crippen MR) is 328 cm³/mol. The van der Waals surface area contributed by atoms with Crippen LogP contribution in [-0.4, -0.2) is 151 Å². The Morgan fingerprint density at radius 3 is 1.87 bits per heavy atom. The maximum Gasteiger partial charge on any atom is 0.425 e. The Kier molecular flexibility index (Phi) is 28.3. The number of thioether (sulfide) groups is 1. The summed E-state index contributed by atoms with van der Waals surface area (Å²) in [6.45, 7) is 2.93. The highest BCUT2D eigenvalue weighted by Crippen LogP contribution is 2.46. The van der Waals surface area contributed by atoms with Crippen LogP contribution in [0.5, 0.6) is 17.4 Å². The highest BCUT2D eigenvalue weighted by atomic mass is 35.5. The van der Waals surface area contributed by atoms with E-state index in [1.807, 2.05) is 6.92 Å². The largest absolute Gasteiger partial charge is 0.493 e. The Labute approximate surface area is 538 Å². The summed E-state index contributed by atoms with van der Waals surface area (Å²) in [5, 5.41) is 59.0. The minimum atomic E-state index is -4.67. The summed E-state index contributed by atoms with van der Waals surface area (Å²) in [4.78, 5) is 9.10. The lowest BCUT2D eigenvalue weighted by Crippen LogP contribution is -2.08. The van der Waals surface area contributed by atoms with Crippen molar-refractivity contribution in [3.63, 3.8) is 0 Å². The number of pyridine rings is 1. The van der Waals surface area contributed by atoms with E-state index in [0.29, 0.717) is 51.0 Å². The zero-order chi connectivity index (χ0) is 69.1. The molecule has 0 aliphatic rings. The van der Waals surface area contributed by atoms with Crippen molar-refractivity contribution >= 4 is 178 Å². The molecule has 0 spiro atoms. The molecule has 494 valence electrons. The van der Waals surface area contributed by atoms with Crippen molar-refractivity contribution < 1.29 is 109 Å². The first-order valence-electron chi connectivity index (χ1n) is 24.6. The second-order valence-electron chi connectivity index (χ2n) is 17.6. The summed E-state index contributed by atoms with van der Waals surface area (Å²) in [6.07, 6.45) is 1.22. The third kappa shape index (κ3) is 23.9. The first kappa shape index (κ1) is 76.4. The van der Waals surface area contributed by atoms with Gasteiger partial charge in [-0.3, -0.25) is 22.6 Å². The van der Waals surface area contributed by atoms with Gasteiger partial charge in [0.1, 0.15) is 44.9 Å². The van der Waals surface area contributed by atoms with Crippen molar-refractivity contribution in [2.24, 2.45) is 30.7 Å². The van der Waals surface area contributed by atoms with E-state index >= 15 is 0 Å². The first-order chi connectivity index (χ1) is 42.9. The van der Waals surface area contributed by atoms with E-state index in [1.54, 1.807) is 43.3 Å². The maximum atomic E-state index is 12.5. The van der Waals surface area contributed by atoms with Gasteiger partial charge in [-0.2, -0.15) is 38.9 Å². The van der Waals surface area contributed by atoms with Gasteiger partial charge in [-0.25, -0.2) is 9.97 Å². The van der Waals surface area contributed by atoms with E-state index in [2.05, 4.69) is 46.7 Å². The topological polar surface area (TPSA) is 558 Å². The van der Waals surface area contributed by atoms with E-state index in [4.69, 9.17) is 63.5 Å². The van der Waals surface area contributed by atoms with Crippen LogP contribution in [0.3, 0.4) is 0 Å². The molecule has 0 aliphatic carbocycles. The number of azo groups is 3. The first-order valence-corrected chi connectivity index (χ1v) is 36.3. The number of nitrogens with zero attached hydrogens (tertiary/aromatic N) is 10. The number of nitriles is 1. The van der Waals surface area contributed by atoms with Gasteiger partial charge in [-0.05, 0) is 79.8 Å². The zero-order valence-electron chi connectivity index (χ0n) is 46.8. The molecule has 0 radical (unpaired) electrons. The zero-order valence-corrected chi connectivity index (χ0v) is 54.9. The molecule has 45 heteroatoms. The van der Waals surface area contributed by atoms with Gasteiger partial charge in [0.15, 0.2) is 11.3 Å². The number of aromatic nitrogens is 3. The summed E-state index contributed by atoms with van der Waals surface area (Å²) >= 11 is 8.85. The Balaban J connectivity index is 0.000000945. The van der Waals surface area contributed by atoms with E-state index in [-0.39, 0.29) is 114 Å². The SMILES string of the molecule is CCCOc1cc2cccc(S(=O)(=O)O)c2c2sc(N=Nc3cc(SCCCS(=O)(=O)O)c(N=Nc4cc(OCCCS(=O)(=O)O)c(N=Nc5c(C)c(C#N)c6nc7ccccc7n6c5O)cc4Cl)cc3CO)nc12.CS(=O)(=O)O.O=S(=O)=O.O=S(=O)=O.O=S(=O)=O. The van der Waals surface area contributed by atoms with E-state index < -0.39 is 90.4 Å². The lowest BCUT2D eigenvalue weighted by atomic mass is 10.1. The third-order valence-electron chi connectivity index (χ3n) is 10.9. The van der Waals surface area contributed by atoms with Crippen LogP contribution in [0.25, 0.3) is 37.7 Å². The number of aliphatic hydroxyl groups is 1. The van der Waals surface area contributed by atoms with Crippen molar-refractivity contribution in [3.05, 3.63) is 94.5 Å². The fourth-order valence-electron chi connectivity index (χ4n) is 7.54. The standard InChI is InChI=1S/C46H41ClN10O13S5.CH4O3S.3O3S/c1-3-13-69-37-19-26-9-6-12-39(75(66,67)68)40(26)43-42(37)50-46(72-43)56-51-31-22-38(71-15-8-17-74(63,64)65)34(18-27(31)24-58)54-52-32-21-36(70-14-7-16-73(60,61)62)33(20-29(32)47)53-55-41-25(2)28(23-48)44-49-30-10-4-5-11-35(30)57(44)45(41)59;1-5(2,3)4;3*1-4(2)3/h4-6,9-12,18-22,58-59H,3,7-8,13-17,24H2,1-2H3,(H,60,61,62)(H,63,64,65)(H,66,67,68);1H3,(H,2,3,4);;;. The van der Waals surface area contributed by atoms with Gasteiger partial charge in [0, 0.05) is 27.5 Å². The highest BCUT2D eigenvalue weighted by Gasteiger charge is 2.24. The number of hydrogen-bond donors (Lipinski definition) is 6. The lowest BCUT2D eigenvalue weighted by molar-refractivity contribution is 0.282. The molecule has 5 aromatic carbocycles. The maximum absolute atomic E-state index is 12.5. The molecule has 0 bridgehead atoms. The molecule has 0 amide bonds. The molecule has 0 saturated heterocycles. The minimum absolute atomic E-state index is 0.00828. The van der Waals surface area contributed by atoms with Crippen LogP contribution in [0.1, 0.15) is 42.9 Å². The summed E-state index contributed by atoms with van der Waals surface area (Å²) in [7, 11) is -26.3. The van der Waals surface area contributed by atoms with E-state index in [0.717, 1.165) is 23.1 Å². The van der Waals surface area contributed by atoms with Crippen LogP contribution < -0.4 is 9.47 Å². The lowest BCUT2D eigenvalue weighted by Gasteiger charge is -2.12. The molecule has 92 heavy (non-hydrogen) atoms. The normalized spacial score (nSPS) is 11.7. The van der Waals surface area contributed by atoms with Crippen LogP contribution in [-0.2, 0) is 78.9 Å². The molecular formula is C47H45ClN10O25S9. The minimum Gasteiger partial charge on any atom is -0.493 e. The van der Waals surface area contributed by atoms with Crippen molar-refractivity contribution in [3.8, 4) is 23.4 Å². The second kappa shape index (κ2) is 34.1. The molecule has 35 nitrogen and oxygen atoms in total. The Morgan fingerprint density at radius 2 is 1.28 bits per heavy atom. The molecule has 8 rings (SSSR count). The van der Waals surface area contributed by atoms with Crippen LogP contribution in [0.2, 0.25) is 5.02 Å². The average molecular weight is 1470 g/mol.